The van der Waals surface area contributed by atoms with Crippen LogP contribution in [0.4, 0.5) is 0 Å². The van der Waals surface area contributed by atoms with Gasteiger partial charge in [0.05, 0.1) is 12.2 Å². The van der Waals surface area contributed by atoms with E-state index in [-0.39, 0.29) is 12.2 Å². The van der Waals surface area contributed by atoms with E-state index in [1.165, 1.54) is 32.1 Å². The van der Waals surface area contributed by atoms with E-state index in [0.717, 1.165) is 6.42 Å². The van der Waals surface area contributed by atoms with Crippen LogP contribution in [0.3, 0.4) is 0 Å². The fourth-order valence-corrected chi connectivity index (χ4v) is 1.43. The standard InChI is InChI=1S/C10H17NO/c1-2-3-4-5-6-7-9-10(8-11)12-9/h9-10H,2-7H2,1H3. The Hall–Kier alpha value is -0.550. The molecule has 0 aromatic carbocycles. The molecule has 1 heterocycles. The normalized spacial score (nSPS) is 26.7. The quantitative estimate of drug-likeness (QED) is 0.450. The molecule has 68 valence electrons. The van der Waals surface area contributed by atoms with Crippen molar-refractivity contribution in [2.75, 3.05) is 0 Å². The van der Waals surface area contributed by atoms with Gasteiger partial charge in [-0.1, -0.05) is 39.0 Å². The number of ether oxygens (including phenoxy) is 1. The van der Waals surface area contributed by atoms with Gasteiger partial charge in [-0.2, -0.15) is 5.26 Å². The van der Waals surface area contributed by atoms with Crippen LogP contribution >= 0.6 is 0 Å². The first kappa shape index (κ1) is 9.54. The summed E-state index contributed by atoms with van der Waals surface area (Å²) in [5.41, 5.74) is 0. The Bertz CT molecular complexity index is 162. The van der Waals surface area contributed by atoms with Gasteiger partial charge in [-0.25, -0.2) is 0 Å². The van der Waals surface area contributed by atoms with Crippen LogP contribution in [0.5, 0.6) is 0 Å². The van der Waals surface area contributed by atoms with Gasteiger partial charge in [0.25, 0.3) is 0 Å². The molecule has 1 rings (SSSR count). The fraction of sp³-hybridized carbons (Fsp3) is 0.900. The van der Waals surface area contributed by atoms with E-state index in [4.69, 9.17) is 10.00 Å². The van der Waals surface area contributed by atoms with E-state index >= 15 is 0 Å². The van der Waals surface area contributed by atoms with Gasteiger partial charge < -0.3 is 4.74 Å². The molecule has 0 aromatic rings. The lowest BCUT2D eigenvalue weighted by atomic mass is 10.1. The maximum Gasteiger partial charge on any atom is 0.170 e. The van der Waals surface area contributed by atoms with Gasteiger partial charge in [-0.05, 0) is 6.42 Å². The summed E-state index contributed by atoms with van der Waals surface area (Å²) in [6.07, 6.45) is 7.78. The van der Waals surface area contributed by atoms with E-state index in [1.54, 1.807) is 0 Å². The molecule has 2 atom stereocenters. The molecule has 1 aliphatic heterocycles. The summed E-state index contributed by atoms with van der Waals surface area (Å²) in [4.78, 5) is 0. The number of nitrogens with zero attached hydrogens (tertiary/aromatic N) is 1. The van der Waals surface area contributed by atoms with Gasteiger partial charge in [0, 0.05) is 0 Å². The molecular formula is C10H17NO. The zero-order valence-corrected chi connectivity index (χ0v) is 7.75. The van der Waals surface area contributed by atoms with Crippen LogP contribution in [-0.2, 0) is 4.74 Å². The molecule has 1 saturated heterocycles. The highest BCUT2D eigenvalue weighted by atomic mass is 16.6. The summed E-state index contributed by atoms with van der Waals surface area (Å²) < 4.78 is 5.11. The Morgan fingerprint density at radius 2 is 2.00 bits per heavy atom. The molecular weight excluding hydrogens is 150 g/mol. The molecule has 0 spiro atoms. The maximum atomic E-state index is 8.44. The molecule has 0 saturated carbocycles. The number of hydrogen-bond acceptors (Lipinski definition) is 2. The van der Waals surface area contributed by atoms with Crippen LogP contribution in [0.2, 0.25) is 0 Å². The van der Waals surface area contributed by atoms with Crippen LogP contribution in [0.15, 0.2) is 0 Å². The first-order valence-electron chi connectivity index (χ1n) is 4.93. The van der Waals surface area contributed by atoms with E-state index in [1.807, 2.05) is 0 Å². The first-order valence-corrected chi connectivity index (χ1v) is 4.93. The summed E-state index contributed by atoms with van der Waals surface area (Å²) in [6.45, 7) is 2.22. The smallest absolute Gasteiger partial charge is 0.170 e. The van der Waals surface area contributed by atoms with E-state index in [9.17, 15) is 0 Å². The highest BCUT2D eigenvalue weighted by molar-refractivity contribution is 5.01. The van der Waals surface area contributed by atoms with Gasteiger partial charge >= 0.3 is 0 Å². The van der Waals surface area contributed by atoms with Crippen LogP contribution < -0.4 is 0 Å². The minimum Gasteiger partial charge on any atom is -0.353 e. The molecule has 2 heteroatoms. The number of unbranched alkanes of at least 4 members (excludes halogenated alkanes) is 4. The van der Waals surface area contributed by atoms with Crippen LogP contribution in [0, 0.1) is 11.3 Å². The van der Waals surface area contributed by atoms with Crippen LogP contribution in [0.1, 0.15) is 45.4 Å². The Labute approximate surface area is 74.5 Å². The Morgan fingerprint density at radius 1 is 1.25 bits per heavy atom. The second kappa shape index (κ2) is 5.16. The summed E-state index contributed by atoms with van der Waals surface area (Å²) in [6, 6.07) is 2.12. The molecule has 0 N–H and O–H groups in total. The molecule has 2 unspecified atom stereocenters. The Kier molecular flexibility index (Phi) is 4.10. The predicted octanol–water partition coefficient (Wildman–Crippen LogP) is 2.64. The third kappa shape index (κ3) is 3.23. The third-order valence-corrected chi connectivity index (χ3v) is 2.30. The average Bonchev–Trinajstić information content (AvgIpc) is 2.83. The summed E-state index contributed by atoms with van der Waals surface area (Å²) in [7, 11) is 0. The van der Waals surface area contributed by atoms with Crippen molar-refractivity contribution in [3.63, 3.8) is 0 Å². The fourth-order valence-electron chi connectivity index (χ4n) is 1.43. The topological polar surface area (TPSA) is 36.3 Å². The van der Waals surface area contributed by atoms with Gasteiger partial charge in [0.2, 0.25) is 0 Å². The maximum absolute atomic E-state index is 8.44. The number of nitriles is 1. The molecule has 0 radical (unpaired) electrons. The highest BCUT2D eigenvalue weighted by Crippen LogP contribution is 2.26. The van der Waals surface area contributed by atoms with E-state index in [0.29, 0.717) is 0 Å². The van der Waals surface area contributed by atoms with Crippen molar-refractivity contribution in [3.05, 3.63) is 0 Å². The summed E-state index contributed by atoms with van der Waals surface area (Å²) in [5.74, 6) is 0. The van der Waals surface area contributed by atoms with Gasteiger partial charge in [-0.15, -0.1) is 0 Å². The second-order valence-electron chi connectivity index (χ2n) is 3.43. The van der Waals surface area contributed by atoms with Gasteiger partial charge in [-0.3, -0.25) is 0 Å². The number of epoxide rings is 1. The number of rotatable bonds is 6. The average molecular weight is 167 g/mol. The van der Waals surface area contributed by atoms with E-state index < -0.39 is 0 Å². The van der Waals surface area contributed by atoms with Crippen molar-refractivity contribution < 1.29 is 4.74 Å². The van der Waals surface area contributed by atoms with Crippen molar-refractivity contribution in [1.82, 2.24) is 0 Å². The zero-order chi connectivity index (χ0) is 8.81. The Balaban J connectivity index is 1.82. The van der Waals surface area contributed by atoms with E-state index in [2.05, 4.69) is 13.0 Å². The molecule has 0 aromatic heterocycles. The molecule has 1 aliphatic rings. The molecule has 0 amide bonds. The SMILES string of the molecule is CCCCCCCC1OC1C#N. The lowest BCUT2D eigenvalue weighted by molar-refractivity contribution is 0.374. The monoisotopic (exact) mass is 167 g/mol. The summed E-state index contributed by atoms with van der Waals surface area (Å²) >= 11 is 0. The minimum atomic E-state index is -0.0730. The minimum absolute atomic E-state index is 0.0730. The molecule has 1 fully saturated rings. The summed E-state index contributed by atoms with van der Waals surface area (Å²) in [5, 5.41) is 8.44. The molecule has 2 nitrogen and oxygen atoms in total. The van der Waals surface area contributed by atoms with Crippen molar-refractivity contribution in [1.29, 1.82) is 5.26 Å². The third-order valence-electron chi connectivity index (χ3n) is 2.30. The Morgan fingerprint density at radius 3 is 2.58 bits per heavy atom. The van der Waals surface area contributed by atoms with Crippen molar-refractivity contribution in [2.24, 2.45) is 0 Å². The number of hydrogen-bond donors (Lipinski definition) is 0. The van der Waals surface area contributed by atoms with Crippen molar-refractivity contribution >= 4 is 0 Å². The predicted molar refractivity (Wildman–Crippen MR) is 47.7 cm³/mol. The van der Waals surface area contributed by atoms with Gasteiger partial charge in [0.15, 0.2) is 6.10 Å². The van der Waals surface area contributed by atoms with Crippen LogP contribution in [-0.4, -0.2) is 12.2 Å². The highest BCUT2D eigenvalue weighted by Gasteiger charge is 2.37. The van der Waals surface area contributed by atoms with Crippen LogP contribution in [0.25, 0.3) is 0 Å². The first-order chi connectivity index (χ1) is 5.88. The zero-order valence-electron chi connectivity index (χ0n) is 7.75. The molecule has 12 heavy (non-hydrogen) atoms. The van der Waals surface area contributed by atoms with Gasteiger partial charge in [0.1, 0.15) is 0 Å². The molecule has 0 bridgehead atoms. The lowest BCUT2D eigenvalue weighted by Gasteiger charge is -1.96. The largest absolute Gasteiger partial charge is 0.353 e. The lowest BCUT2D eigenvalue weighted by Crippen LogP contribution is -1.90. The molecule has 0 aliphatic carbocycles. The second-order valence-corrected chi connectivity index (χ2v) is 3.43. The van der Waals surface area contributed by atoms with Crippen molar-refractivity contribution in [3.8, 4) is 6.07 Å². The van der Waals surface area contributed by atoms with Crippen molar-refractivity contribution in [2.45, 2.75) is 57.7 Å².